The fraction of sp³-hybridized carbons (Fsp3) is 0.708. The number of hydrogen-bond donors (Lipinski definition) is 1. The summed E-state index contributed by atoms with van der Waals surface area (Å²) in [6.45, 7) is 13.7. The van der Waals surface area contributed by atoms with Gasteiger partial charge in [0.05, 0.1) is 18.8 Å². The lowest BCUT2D eigenvalue weighted by Gasteiger charge is -2.28. The molecule has 1 aromatic carbocycles. The molecule has 174 valence electrons. The van der Waals surface area contributed by atoms with E-state index in [9.17, 15) is 4.79 Å². The molecule has 2 fully saturated rings. The highest BCUT2D eigenvalue weighted by atomic mass is 16.8. The Hall–Kier alpha value is -1.51. The third-order valence-electron chi connectivity index (χ3n) is 5.47. The van der Waals surface area contributed by atoms with E-state index in [4.69, 9.17) is 23.7 Å². The fourth-order valence-electron chi connectivity index (χ4n) is 4.16. The van der Waals surface area contributed by atoms with Crippen molar-refractivity contribution in [2.45, 2.75) is 103 Å². The molecule has 2 saturated heterocycles. The van der Waals surface area contributed by atoms with Gasteiger partial charge in [-0.1, -0.05) is 30.3 Å². The van der Waals surface area contributed by atoms with Crippen molar-refractivity contribution >= 4 is 5.97 Å². The van der Waals surface area contributed by atoms with Crippen LogP contribution in [0.1, 0.15) is 66.5 Å². The summed E-state index contributed by atoms with van der Waals surface area (Å²) < 4.78 is 29.7. The van der Waals surface area contributed by atoms with Gasteiger partial charge in [-0.15, -0.1) is 0 Å². The Labute approximate surface area is 185 Å². The standard InChI is InChI=1S/C24H37NO6/c1-15(2)28-22(26)18(25-16(3)17-11-9-8-10-12-17)13-19-21(31-24(6,7)29-19)20-14-27-23(4,5)30-20/h8-12,15-16,18-21,25H,13-14H2,1-7H3/t16-,18+,19-,20-,21-/m0/s1. The lowest BCUT2D eigenvalue weighted by molar-refractivity contribution is -0.174. The van der Waals surface area contributed by atoms with Crippen molar-refractivity contribution in [3.63, 3.8) is 0 Å². The molecule has 1 N–H and O–H groups in total. The SMILES string of the molecule is CC(C)OC(=O)[C@@H](C[C@@H]1OC(C)(C)O[C@@H]1[C@@H]1COC(C)(C)O1)N[C@@H](C)c1ccccc1. The first-order valence-corrected chi connectivity index (χ1v) is 11.1. The van der Waals surface area contributed by atoms with Crippen LogP contribution in [0.2, 0.25) is 0 Å². The van der Waals surface area contributed by atoms with Crippen molar-refractivity contribution in [2.24, 2.45) is 0 Å². The van der Waals surface area contributed by atoms with Crippen LogP contribution in [-0.2, 0) is 28.5 Å². The first kappa shape index (κ1) is 24.1. The number of carbonyl (C=O) groups is 1. The summed E-state index contributed by atoms with van der Waals surface area (Å²) in [5.41, 5.74) is 1.10. The molecule has 7 nitrogen and oxygen atoms in total. The highest BCUT2D eigenvalue weighted by Gasteiger charge is 2.50. The van der Waals surface area contributed by atoms with E-state index < -0.39 is 17.6 Å². The van der Waals surface area contributed by atoms with Gasteiger partial charge in [0.1, 0.15) is 18.2 Å². The fourth-order valence-corrected chi connectivity index (χ4v) is 4.16. The molecule has 2 aliphatic heterocycles. The Morgan fingerprint density at radius 1 is 1.06 bits per heavy atom. The number of hydrogen-bond acceptors (Lipinski definition) is 7. The molecule has 0 bridgehead atoms. The van der Waals surface area contributed by atoms with E-state index in [1.54, 1.807) is 0 Å². The molecule has 2 aliphatic rings. The van der Waals surface area contributed by atoms with Gasteiger partial charge in [-0.25, -0.2) is 0 Å². The number of carbonyl (C=O) groups excluding carboxylic acids is 1. The molecule has 31 heavy (non-hydrogen) atoms. The molecule has 2 heterocycles. The maximum absolute atomic E-state index is 13.0. The van der Waals surface area contributed by atoms with Crippen molar-refractivity contribution in [2.75, 3.05) is 6.61 Å². The lowest BCUT2D eigenvalue weighted by atomic mass is 9.99. The van der Waals surface area contributed by atoms with Gasteiger partial charge in [-0.2, -0.15) is 0 Å². The summed E-state index contributed by atoms with van der Waals surface area (Å²) in [6, 6.07) is 9.43. The molecule has 0 amide bonds. The van der Waals surface area contributed by atoms with E-state index in [0.717, 1.165) is 5.56 Å². The largest absolute Gasteiger partial charge is 0.462 e. The van der Waals surface area contributed by atoms with Crippen molar-refractivity contribution in [3.8, 4) is 0 Å². The van der Waals surface area contributed by atoms with Crippen molar-refractivity contribution in [1.29, 1.82) is 0 Å². The second-order valence-corrected chi connectivity index (χ2v) is 9.58. The molecule has 0 aliphatic carbocycles. The van der Waals surface area contributed by atoms with Crippen LogP contribution in [0, 0.1) is 0 Å². The third kappa shape index (κ3) is 6.49. The van der Waals surface area contributed by atoms with E-state index in [1.165, 1.54) is 0 Å². The van der Waals surface area contributed by atoms with Crippen molar-refractivity contribution in [3.05, 3.63) is 35.9 Å². The minimum Gasteiger partial charge on any atom is -0.462 e. The highest BCUT2D eigenvalue weighted by molar-refractivity contribution is 5.76. The number of esters is 1. The maximum atomic E-state index is 13.0. The third-order valence-corrected chi connectivity index (χ3v) is 5.47. The second kappa shape index (κ2) is 9.55. The minimum absolute atomic E-state index is 0.0373. The van der Waals surface area contributed by atoms with E-state index >= 15 is 0 Å². The zero-order chi connectivity index (χ0) is 22.8. The smallest absolute Gasteiger partial charge is 0.323 e. The van der Waals surface area contributed by atoms with E-state index in [2.05, 4.69) is 5.32 Å². The Bertz CT molecular complexity index is 735. The van der Waals surface area contributed by atoms with Gasteiger partial charge in [0, 0.05) is 12.5 Å². The van der Waals surface area contributed by atoms with Gasteiger partial charge < -0.3 is 23.7 Å². The average molecular weight is 436 g/mol. The summed E-state index contributed by atoms with van der Waals surface area (Å²) in [5, 5.41) is 3.44. The lowest BCUT2D eigenvalue weighted by Crippen LogP contribution is -2.46. The van der Waals surface area contributed by atoms with E-state index in [-0.39, 0.29) is 36.4 Å². The molecule has 0 unspecified atom stereocenters. The Kier molecular flexibility index (Phi) is 7.43. The summed E-state index contributed by atoms with van der Waals surface area (Å²) in [7, 11) is 0. The molecule has 0 spiro atoms. The van der Waals surface area contributed by atoms with Crippen LogP contribution in [-0.4, -0.2) is 54.6 Å². The number of benzene rings is 1. The zero-order valence-electron chi connectivity index (χ0n) is 19.7. The predicted molar refractivity (Wildman–Crippen MR) is 116 cm³/mol. The number of nitrogens with one attached hydrogen (secondary N) is 1. The Morgan fingerprint density at radius 3 is 2.32 bits per heavy atom. The van der Waals surface area contributed by atoms with Gasteiger partial charge in [-0.3, -0.25) is 10.1 Å². The van der Waals surface area contributed by atoms with Gasteiger partial charge in [0.2, 0.25) is 0 Å². The topological polar surface area (TPSA) is 75.3 Å². The molecule has 0 aromatic heterocycles. The maximum Gasteiger partial charge on any atom is 0.323 e. The first-order chi connectivity index (χ1) is 14.5. The molecule has 5 atom stereocenters. The van der Waals surface area contributed by atoms with Crippen molar-refractivity contribution < 1.29 is 28.5 Å². The van der Waals surface area contributed by atoms with Gasteiger partial charge in [0.15, 0.2) is 11.6 Å². The average Bonchev–Trinajstić information content (AvgIpc) is 3.19. The molecule has 7 heteroatoms. The number of ether oxygens (including phenoxy) is 5. The van der Waals surface area contributed by atoms with Gasteiger partial charge in [0.25, 0.3) is 0 Å². The Balaban J connectivity index is 1.76. The van der Waals surface area contributed by atoms with Gasteiger partial charge in [-0.05, 0) is 54.0 Å². The molecule has 3 rings (SSSR count). The normalized spacial score (nSPS) is 29.1. The monoisotopic (exact) mass is 435 g/mol. The van der Waals surface area contributed by atoms with Crippen LogP contribution in [0.25, 0.3) is 0 Å². The molecular weight excluding hydrogens is 398 g/mol. The Morgan fingerprint density at radius 2 is 1.74 bits per heavy atom. The summed E-state index contributed by atoms with van der Waals surface area (Å²) in [4.78, 5) is 13.0. The van der Waals surface area contributed by atoms with Crippen LogP contribution in [0.15, 0.2) is 30.3 Å². The van der Waals surface area contributed by atoms with Crippen LogP contribution >= 0.6 is 0 Å². The van der Waals surface area contributed by atoms with Crippen LogP contribution in [0.4, 0.5) is 0 Å². The van der Waals surface area contributed by atoms with Crippen LogP contribution in [0.5, 0.6) is 0 Å². The minimum atomic E-state index is -0.775. The highest BCUT2D eigenvalue weighted by Crippen LogP contribution is 2.37. The van der Waals surface area contributed by atoms with Gasteiger partial charge >= 0.3 is 5.97 Å². The molecule has 0 saturated carbocycles. The molecule has 1 aromatic rings. The van der Waals surface area contributed by atoms with Crippen LogP contribution < -0.4 is 5.32 Å². The zero-order valence-corrected chi connectivity index (χ0v) is 19.7. The second-order valence-electron chi connectivity index (χ2n) is 9.58. The summed E-state index contributed by atoms with van der Waals surface area (Å²) in [5.74, 6) is -1.74. The summed E-state index contributed by atoms with van der Waals surface area (Å²) in [6.07, 6.45) is -0.770. The molecular formula is C24H37NO6. The van der Waals surface area contributed by atoms with Crippen LogP contribution in [0.3, 0.4) is 0 Å². The quantitative estimate of drug-likeness (QED) is 0.624. The number of rotatable bonds is 8. The predicted octanol–water partition coefficient (Wildman–Crippen LogP) is 3.72. The van der Waals surface area contributed by atoms with Crippen molar-refractivity contribution in [1.82, 2.24) is 5.32 Å². The molecule has 0 radical (unpaired) electrons. The van der Waals surface area contributed by atoms with E-state index in [0.29, 0.717) is 13.0 Å². The van der Waals surface area contributed by atoms with E-state index in [1.807, 2.05) is 78.8 Å². The first-order valence-electron chi connectivity index (χ1n) is 11.1. The summed E-state index contributed by atoms with van der Waals surface area (Å²) >= 11 is 0.